The number of nitrogens with zero attached hydrogens (tertiary/aromatic N) is 1. The average Bonchev–Trinajstić information content (AvgIpc) is 2.28. The SMILES string of the molecule is CC1(C)CCCC(Sc2ncccc2Cl)C1N. The molecule has 1 aromatic rings. The highest BCUT2D eigenvalue weighted by Gasteiger charge is 2.37. The van der Waals surface area contributed by atoms with Gasteiger partial charge in [-0.15, -0.1) is 0 Å². The summed E-state index contributed by atoms with van der Waals surface area (Å²) < 4.78 is 0. The van der Waals surface area contributed by atoms with Crippen LogP contribution < -0.4 is 5.73 Å². The topological polar surface area (TPSA) is 38.9 Å². The molecule has 0 aliphatic heterocycles. The molecule has 2 unspecified atom stereocenters. The number of thioether (sulfide) groups is 1. The number of hydrogen-bond donors (Lipinski definition) is 1. The minimum Gasteiger partial charge on any atom is -0.326 e. The summed E-state index contributed by atoms with van der Waals surface area (Å²) in [6, 6.07) is 3.95. The van der Waals surface area contributed by atoms with Crippen molar-refractivity contribution in [2.75, 3.05) is 0 Å². The maximum absolute atomic E-state index is 6.36. The quantitative estimate of drug-likeness (QED) is 0.890. The Morgan fingerprint density at radius 3 is 3.00 bits per heavy atom. The molecule has 0 aromatic carbocycles. The molecule has 0 saturated heterocycles. The van der Waals surface area contributed by atoms with E-state index in [1.165, 1.54) is 12.8 Å². The Kier molecular flexibility index (Phi) is 4.01. The van der Waals surface area contributed by atoms with E-state index in [0.717, 1.165) is 16.5 Å². The van der Waals surface area contributed by atoms with Gasteiger partial charge in [0.25, 0.3) is 0 Å². The zero-order valence-corrected chi connectivity index (χ0v) is 11.9. The Morgan fingerprint density at radius 1 is 1.53 bits per heavy atom. The second-order valence-electron chi connectivity index (χ2n) is 5.35. The van der Waals surface area contributed by atoms with Crippen molar-refractivity contribution in [3.05, 3.63) is 23.4 Å². The molecule has 2 rings (SSSR count). The number of hydrogen-bond acceptors (Lipinski definition) is 3. The lowest BCUT2D eigenvalue weighted by molar-refractivity contribution is 0.208. The Morgan fingerprint density at radius 2 is 2.29 bits per heavy atom. The van der Waals surface area contributed by atoms with Crippen LogP contribution in [0.2, 0.25) is 5.02 Å². The van der Waals surface area contributed by atoms with Crippen LogP contribution in [0.5, 0.6) is 0 Å². The molecule has 0 bridgehead atoms. The summed E-state index contributed by atoms with van der Waals surface area (Å²) in [6.07, 6.45) is 5.39. The predicted octanol–water partition coefficient (Wildman–Crippen LogP) is 3.73. The summed E-state index contributed by atoms with van der Waals surface area (Å²) in [5.41, 5.74) is 6.58. The van der Waals surface area contributed by atoms with Gasteiger partial charge in [0.2, 0.25) is 0 Å². The molecular weight excluding hydrogens is 252 g/mol. The third kappa shape index (κ3) is 2.95. The molecule has 2 atom stereocenters. The van der Waals surface area contributed by atoms with E-state index in [1.54, 1.807) is 18.0 Å². The molecular formula is C13H19ClN2S. The molecule has 2 nitrogen and oxygen atoms in total. The van der Waals surface area contributed by atoms with E-state index in [9.17, 15) is 0 Å². The molecule has 0 radical (unpaired) electrons. The van der Waals surface area contributed by atoms with E-state index in [0.29, 0.717) is 5.25 Å². The van der Waals surface area contributed by atoms with Crippen molar-refractivity contribution < 1.29 is 0 Å². The van der Waals surface area contributed by atoms with Crippen molar-refractivity contribution in [2.45, 2.75) is 49.4 Å². The van der Waals surface area contributed by atoms with Crippen molar-refractivity contribution in [3.63, 3.8) is 0 Å². The zero-order chi connectivity index (χ0) is 12.5. The molecule has 0 amide bonds. The Balaban J connectivity index is 2.11. The second-order valence-corrected chi connectivity index (χ2v) is 6.99. The fourth-order valence-corrected chi connectivity index (χ4v) is 3.99. The summed E-state index contributed by atoms with van der Waals surface area (Å²) in [5.74, 6) is 0. The highest BCUT2D eigenvalue weighted by atomic mass is 35.5. The van der Waals surface area contributed by atoms with Crippen molar-refractivity contribution in [2.24, 2.45) is 11.1 Å². The Bertz CT molecular complexity index is 395. The van der Waals surface area contributed by atoms with E-state index in [-0.39, 0.29) is 11.5 Å². The van der Waals surface area contributed by atoms with Crippen molar-refractivity contribution in [1.29, 1.82) is 0 Å². The summed E-state index contributed by atoms with van der Waals surface area (Å²) in [4.78, 5) is 4.33. The van der Waals surface area contributed by atoms with Crippen molar-refractivity contribution >= 4 is 23.4 Å². The average molecular weight is 271 g/mol. The first kappa shape index (κ1) is 13.2. The normalized spacial score (nSPS) is 28.0. The highest BCUT2D eigenvalue weighted by Crippen LogP contribution is 2.42. The fraction of sp³-hybridized carbons (Fsp3) is 0.615. The van der Waals surface area contributed by atoms with Gasteiger partial charge in [-0.2, -0.15) is 0 Å². The van der Waals surface area contributed by atoms with E-state index in [1.807, 2.05) is 12.1 Å². The van der Waals surface area contributed by atoms with Crippen molar-refractivity contribution in [1.82, 2.24) is 4.98 Å². The van der Waals surface area contributed by atoms with Gasteiger partial charge < -0.3 is 5.73 Å². The number of halogens is 1. The van der Waals surface area contributed by atoms with Crippen LogP contribution in [0, 0.1) is 5.41 Å². The highest BCUT2D eigenvalue weighted by molar-refractivity contribution is 8.00. The van der Waals surface area contributed by atoms with Gasteiger partial charge in [-0.25, -0.2) is 4.98 Å². The molecule has 17 heavy (non-hydrogen) atoms. The molecule has 1 aromatic heterocycles. The van der Waals surface area contributed by atoms with E-state index >= 15 is 0 Å². The van der Waals surface area contributed by atoms with Gasteiger partial charge in [-0.3, -0.25) is 0 Å². The molecule has 1 fully saturated rings. The molecule has 1 aliphatic carbocycles. The Hall–Kier alpha value is -0.250. The summed E-state index contributed by atoms with van der Waals surface area (Å²) in [7, 11) is 0. The summed E-state index contributed by atoms with van der Waals surface area (Å²) >= 11 is 7.87. The maximum Gasteiger partial charge on any atom is 0.115 e. The molecule has 0 spiro atoms. The Labute approximate surface area is 112 Å². The van der Waals surface area contributed by atoms with E-state index < -0.39 is 0 Å². The maximum atomic E-state index is 6.36. The van der Waals surface area contributed by atoms with Gasteiger partial charge in [0, 0.05) is 17.5 Å². The van der Waals surface area contributed by atoms with Crippen LogP contribution in [0.3, 0.4) is 0 Å². The molecule has 1 heterocycles. The van der Waals surface area contributed by atoms with E-state index in [2.05, 4.69) is 18.8 Å². The van der Waals surface area contributed by atoms with Gasteiger partial charge in [-0.1, -0.05) is 43.6 Å². The lowest BCUT2D eigenvalue weighted by Crippen LogP contribution is -2.48. The number of nitrogens with two attached hydrogens (primary N) is 1. The fourth-order valence-electron chi connectivity index (χ4n) is 2.34. The summed E-state index contributed by atoms with van der Waals surface area (Å²) in [5, 5.41) is 2.06. The minimum absolute atomic E-state index is 0.208. The predicted molar refractivity (Wildman–Crippen MR) is 74.5 cm³/mol. The monoisotopic (exact) mass is 270 g/mol. The van der Waals surface area contributed by atoms with E-state index in [4.69, 9.17) is 17.3 Å². The molecule has 4 heteroatoms. The first-order valence-electron chi connectivity index (χ1n) is 6.03. The minimum atomic E-state index is 0.208. The van der Waals surface area contributed by atoms with Gasteiger partial charge in [0.05, 0.1) is 5.02 Å². The molecule has 1 aliphatic rings. The lowest BCUT2D eigenvalue weighted by atomic mass is 9.73. The van der Waals surface area contributed by atoms with Crippen molar-refractivity contribution in [3.8, 4) is 0 Å². The lowest BCUT2D eigenvalue weighted by Gasteiger charge is -2.41. The molecule has 94 valence electrons. The number of rotatable bonds is 2. The van der Waals surface area contributed by atoms with Crippen LogP contribution in [0.4, 0.5) is 0 Å². The van der Waals surface area contributed by atoms with Crippen LogP contribution in [-0.4, -0.2) is 16.3 Å². The van der Waals surface area contributed by atoms with Crippen LogP contribution in [0.1, 0.15) is 33.1 Å². The van der Waals surface area contributed by atoms with Gasteiger partial charge in [-0.05, 0) is 30.4 Å². The number of aromatic nitrogens is 1. The number of pyridine rings is 1. The molecule has 1 saturated carbocycles. The summed E-state index contributed by atoms with van der Waals surface area (Å²) in [6.45, 7) is 4.51. The van der Waals surface area contributed by atoms with Gasteiger partial charge in [0.15, 0.2) is 0 Å². The largest absolute Gasteiger partial charge is 0.326 e. The second kappa shape index (κ2) is 5.17. The standard InChI is InChI=1S/C13H19ClN2S/c1-13(2)7-3-6-10(11(13)15)17-12-9(14)5-4-8-16-12/h4-5,8,10-11H,3,6-7,15H2,1-2H3. The van der Waals surface area contributed by atoms with Crippen LogP contribution in [0.15, 0.2) is 23.4 Å². The van der Waals surface area contributed by atoms with Gasteiger partial charge >= 0.3 is 0 Å². The third-order valence-corrected chi connectivity index (χ3v) is 5.40. The van der Waals surface area contributed by atoms with Crippen LogP contribution >= 0.6 is 23.4 Å². The van der Waals surface area contributed by atoms with Gasteiger partial charge in [0.1, 0.15) is 5.03 Å². The first-order chi connectivity index (χ1) is 8.00. The third-order valence-electron chi connectivity index (χ3n) is 3.60. The first-order valence-corrected chi connectivity index (χ1v) is 7.29. The zero-order valence-electron chi connectivity index (χ0n) is 10.3. The smallest absolute Gasteiger partial charge is 0.115 e. The molecule has 2 N–H and O–H groups in total. The van der Waals surface area contributed by atoms with Crippen LogP contribution in [0.25, 0.3) is 0 Å². The van der Waals surface area contributed by atoms with Crippen LogP contribution in [-0.2, 0) is 0 Å².